The van der Waals surface area contributed by atoms with Crippen molar-refractivity contribution in [1.82, 2.24) is 19.9 Å². The first-order valence-corrected chi connectivity index (χ1v) is 4.72. The Morgan fingerprint density at radius 1 is 1.07 bits per heavy atom. The van der Waals surface area contributed by atoms with E-state index in [0.717, 1.165) is 5.69 Å². The average Bonchev–Trinajstić information content (AvgIpc) is 2.15. The summed E-state index contributed by atoms with van der Waals surface area (Å²) in [5.41, 5.74) is 7.57. The standard InChI is InChI=1S/C10H13N5/c1-10(2,3)7-5-12-8-6(14-7)4-13-9(11)15-8/h4-5H,1-3H3,(H2,11,12,13,15). The number of anilines is 1. The summed E-state index contributed by atoms with van der Waals surface area (Å²) >= 11 is 0. The predicted octanol–water partition coefficient (Wildman–Crippen LogP) is 1.30. The van der Waals surface area contributed by atoms with Gasteiger partial charge in [0.25, 0.3) is 0 Å². The molecule has 5 nitrogen and oxygen atoms in total. The minimum atomic E-state index is -0.0252. The fourth-order valence-corrected chi connectivity index (χ4v) is 1.20. The SMILES string of the molecule is CC(C)(C)c1cnc2nc(N)ncc2n1. The van der Waals surface area contributed by atoms with Crippen LogP contribution in [-0.2, 0) is 5.41 Å². The van der Waals surface area contributed by atoms with Crippen molar-refractivity contribution in [3.05, 3.63) is 18.1 Å². The van der Waals surface area contributed by atoms with Gasteiger partial charge in [0.1, 0.15) is 5.52 Å². The summed E-state index contributed by atoms with van der Waals surface area (Å²) in [4.78, 5) is 16.5. The van der Waals surface area contributed by atoms with Gasteiger partial charge in [0.15, 0.2) is 5.65 Å². The van der Waals surface area contributed by atoms with Gasteiger partial charge in [0.2, 0.25) is 5.95 Å². The average molecular weight is 203 g/mol. The van der Waals surface area contributed by atoms with Crippen LogP contribution in [0.4, 0.5) is 5.95 Å². The summed E-state index contributed by atoms with van der Waals surface area (Å²) in [6.07, 6.45) is 3.33. The maximum Gasteiger partial charge on any atom is 0.222 e. The highest BCUT2D eigenvalue weighted by molar-refractivity contribution is 5.69. The number of hydrogen-bond donors (Lipinski definition) is 1. The van der Waals surface area contributed by atoms with E-state index in [1.165, 1.54) is 0 Å². The summed E-state index contributed by atoms with van der Waals surface area (Å²) < 4.78 is 0. The molecule has 2 N–H and O–H groups in total. The van der Waals surface area contributed by atoms with E-state index in [-0.39, 0.29) is 11.4 Å². The van der Waals surface area contributed by atoms with Crippen molar-refractivity contribution in [3.63, 3.8) is 0 Å². The highest BCUT2D eigenvalue weighted by Gasteiger charge is 2.16. The molecule has 0 atom stereocenters. The molecule has 2 aromatic heterocycles. The van der Waals surface area contributed by atoms with Crippen molar-refractivity contribution >= 4 is 17.1 Å². The molecule has 0 fully saturated rings. The van der Waals surface area contributed by atoms with Gasteiger partial charge in [-0.2, -0.15) is 4.98 Å². The quantitative estimate of drug-likeness (QED) is 0.698. The largest absolute Gasteiger partial charge is 0.368 e. The van der Waals surface area contributed by atoms with Crippen molar-refractivity contribution in [2.24, 2.45) is 0 Å². The summed E-state index contributed by atoms with van der Waals surface area (Å²) in [5, 5.41) is 0. The van der Waals surface area contributed by atoms with E-state index < -0.39 is 0 Å². The van der Waals surface area contributed by atoms with E-state index in [1.807, 2.05) is 0 Å². The summed E-state index contributed by atoms with van der Waals surface area (Å²) in [6, 6.07) is 0. The molecule has 0 amide bonds. The van der Waals surface area contributed by atoms with E-state index in [9.17, 15) is 0 Å². The van der Waals surface area contributed by atoms with Gasteiger partial charge in [-0.1, -0.05) is 20.8 Å². The zero-order valence-electron chi connectivity index (χ0n) is 9.02. The fourth-order valence-electron chi connectivity index (χ4n) is 1.20. The number of hydrogen-bond acceptors (Lipinski definition) is 5. The lowest BCUT2D eigenvalue weighted by atomic mass is 9.93. The second-order valence-electron chi connectivity index (χ2n) is 4.44. The second kappa shape index (κ2) is 3.12. The molecule has 0 aliphatic heterocycles. The van der Waals surface area contributed by atoms with E-state index >= 15 is 0 Å². The Morgan fingerprint density at radius 2 is 1.80 bits per heavy atom. The molecule has 0 aliphatic carbocycles. The van der Waals surface area contributed by atoms with Crippen LogP contribution in [0.15, 0.2) is 12.4 Å². The van der Waals surface area contributed by atoms with E-state index in [0.29, 0.717) is 11.2 Å². The van der Waals surface area contributed by atoms with Gasteiger partial charge in [-0.25, -0.2) is 15.0 Å². The number of aromatic nitrogens is 4. The summed E-state index contributed by atoms with van der Waals surface area (Å²) in [5.74, 6) is 0.223. The molecule has 0 radical (unpaired) electrons. The van der Waals surface area contributed by atoms with Gasteiger partial charge < -0.3 is 5.73 Å². The third kappa shape index (κ3) is 1.86. The third-order valence-corrected chi connectivity index (χ3v) is 2.09. The molecular formula is C10H13N5. The molecule has 0 spiro atoms. The van der Waals surface area contributed by atoms with Crippen LogP contribution in [0.5, 0.6) is 0 Å². The molecule has 5 heteroatoms. The molecule has 0 bridgehead atoms. The van der Waals surface area contributed by atoms with E-state index in [4.69, 9.17) is 5.73 Å². The lowest BCUT2D eigenvalue weighted by Gasteiger charge is -2.16. The van der Waals surface area contributed by atoms with Crippen LogP contribution >= 0.6 is 0 Å². The van der Waals surface area contributed by atoms with Crippen LogP contribution in [-0.4, -0.2) is 19.9 Å². The summed E-state index contributed by atoms with van der Waals surface area (Å²) in [7, 11) is 0. The van der Waals surface area contributed by atoms with Gasteiger partial charge in [0, 0.05) is 5.41 Å². The molecule has 0 unspecified atom stereocenters. The lowest BCUT2D eigenvalue weighted by Crippen LogP contribution is -2.14. The lowest BCUT2D eigenvalue weighted by molar-refractivity contribution is 0.568. The first-order valence-electron chi connectivity index (χ1n) is 4.72. The number of rotatable bonds is 0. The van der Waals surface area contributed by atoms with Crippen LogP contribution in [0.1, 0.15) is 26.5 Å². The van der Waals surface area contributed by atoms with Crippen LogP contribution < -0.4 is 5.73 Å². The highest BCUT2D eigenvalue weighted by atomic mass is 15.0. The zero-order chi connectivity index (χ0) is 11.1. The fraction of sp³-hybridized carbons (Fsp3) is 0.400. The number of nitrogens with two attached hydrogens (primary N) is 1. The molecule has 2 heterocycles. The normalized spacial score (nSPS) is 11.9. The molecule has 0 aliphatic rings. The molecule has 78 valence electrons. The Hall–Kier alpha value is -1.78. The molecule has 15 heavy (non-hydrogen) atoms. The predicted molar refractivity (Wildman–Crippen MR) is 58.2 cm³/mol. The Bertz CT molecular complexity index is 501. The Labute approximate surface area is 87.8 Å². The van der Waals surface area contributed by atoms with E-state index in [2.05, 4.69) is 40.7 Å². The van der Waals surface area contributed by atoms with Gasteiger partial charge >= 0.3 is 0 Å². The molecule has 0 aromatic carbocycles. The first kappa shape index (κ1) is 9.76. The summed E-state index contributed by atoms with van der Waals surface area (Å²) in [6.45, 7) is 6.25. The first-order chi connectivity index (χ1) is 6.97. The topological polar surface area (TPSA) is 77.6 Å². The van der Waals surface area contributed by atoms with Gasteiger partial charge in [-0.15, -0.1) is 0 Å². The zero-order valence-corrected chi connectivity index (χ0v) is 9.02. The van der Waals surface area contributed by atoms with Crippen LogP contribution in [0, 0.1) is 0 Å². The van der Waals surface area contributed by atoms with Gasteiger partial charge in [-0.3, -0.25) is 0 Å². The molecule has 0 saturated heterocycles. The van der Waals surface area contributed by atoms with Crippen molar-refractivity contribution in [1.29, 1.82) is 0 Å². The van der Waals surface area contributed by atoms with Crippen molar-refractivity contribution in [2.45, 2.75) is 26.2 Å². The molecule has 2 aromatic rings. The second-order valence-corrected chi connectivity index (χ2v) is 4.44. The molecule has 2 rings (SSSR count). The Morgan fingerprint density at radius 3 is 2.47 bits per heavy atom. The smallest absolute Gasteiger partial charge is 0.222 e. The number of nitrogen functional groups attached to an aromatic ring is 1. The number of fused-ring (bicyclic) bond motifs is 1. The van der Waals surface area contributed by atoms with Gasteiger partial charge in [-0.05, 0) is 0 Å². The van der Waals surface area contributed by atoms with E-state index in [1.54, 1.807) is 12.4 Å². The maximum absolute atomic E-state index is 5.46. The van der Waals surface area contributed by atoms with Crippen molar-refractivity contribution < 1.29 is 0 Å². The van der Waals surface area contributed by atoms with Gasteiger partial charge in [0.05, 0.1) is 18.1 Å². The maximum atomic E-state index is 5.46. The monoisotopic (exact) mass is 203 g/mol. The Kier molecular flexibility index (Phi) is 2.03. The van der Waals surface area contributed by atoms with Crippen LogP contribution in [0.3, 0.4) is 0 Å². The van der Waals surface area contributed by atoms with Crippen LogP contribution in [0.25, 0.3) is 11.2 Å². The number of nitrogens with zero attached hydrogens (tertiary/aromatic N) is 4. The Balaban J connectivity index is 2.62. The highest BCUT2D eigenvalue weighted by Crippen LogP contribution is 2.20. The minimum Gasteiger partial charge on any atom is -0.368 e. The van der Waals surface area contributed by atoms with Crippen molar-refractivity contribution in [2.75, 3.05) is 5.73 Å². The third-order valence-electron chi connectivity index (χ3n) is 2.09. The molecule has 0 saturated carbocycles. The van der Waals surface area contributed by atoms with Crippen LogP contribution in [0.2, 0.25) is 0 Å². The molecular weight excluding hydrogens is 190 g/mol. The van der Waals surface area contributed by atoms with Crippen molar-refractivity contribution in [3.8, 4) is 0 Å². The minimum absolute atomic E-state index is 0.0252.